The second-order valence-electron chi connectivity index (χ2n) is 7.56. The predicted molar refractivity (Wildman–Crippen MR) is 114 cm³/mol. The fourth-order valence-electron chi connectivity index (χ4n) is 2.34. The minimum absolute atomic E-state index is 0.105. The van der Waals surface area contributed by atoms with E-state index in [2.05, 4.69) is 28.0 Å². The maximum Gasteiger partial charge on any atom is 0.426 e. The maximum atomic E-state index is 11.9. The van der Waals surface area contributed by atoms with Gasteiger partial charge in [-0.05, 0) is 62.7 Å². The summed E-state index contributed by atoms with van der Waals surface area (Å²) in [5.74, 6) is 5.62. The Kier molecular flexibility index (Phi) is 7.59. The fourth-order valence-corrected chi connectivity index (χ4v) is 2.34. The molecule has 0 saturated carbocycles. The number of benzene rings is 2. The van der Waals surface area contributed by atoms with Crippen LogP contribution < -0.4 is 16.2 Å². The van der Waals surface area contributed by atoms with Gasteiger partial charge in [-0.25, -0.2) is 10.2 Å². The van der Waals surface area contributed by atoms with Crippen LogP contribution in [0.3, 0.4) is 0 Å². The number of hydrazine groups is 1. The molecule has 0 bridgehead atoms. The third-order valence-electron chi connectivity index (χ3n) is 3.58. The van der Waals surface area contributed by atoms with E-state index in [4.69, 9.17) is 4.74 Å². The summed E-state index contributed by atoms with van der Waals surface area (Å²) in [4.78, 5) is 34.5. The van der Waals surface area contributed by atoms with Gasteiger partial charge in [0, 0.05) is 23.7 Å². The molecule has 30 heavy (non-hydrogen) atoms. The molecule has 0 fully saturated rings. The lowest BCUT2D eigenvalue weighted by molar-refractivity contribution is -0.121. The largest absolute Gasteiger partial charge is 0.443 e. The zero-order chi connectivity index (χ0) is 22.1. The van der Waals surface area contributed by atoms with Crippen molar-refractivity contribution in [2.75, 3.05) is 5.32 Å². The number of amides is 3. The molecule has 0 aromatic heterocycles. The lowest BCUT2D eigenvalue weighted by Gasteiger charge is -2.19. The van der Waals surface area contributed by atoms with E-state index < -0.39 is 11.7 Å². The summed E-state index contributed by atoms with van der Waals surface area (Å²) in [5, 5.41) is 2.70. The Labute approximate surface area is 176 Å². The van der Waals surface area contributed by atoms with Crippen LogP contribution in [0.15, 0.2) is 48.5 Å². The molecule has 2 rings (SSSR count). The molecule has 0 atom stereocenters. The van der Waals surface area contributed by atoms with E-state index in [9.17, 15) is 14.4 Å². The first-order valence-electron chi connectivity index (χ1n) is 9.37. The Morgan fingerprint density at radius 1 is 0.867 bits per heavy atom. The van der Waals surface area contributed by atoms with Crippen LogP contribution in [0.25, 0.3) is 0 Å². The first-order chi connectivity index (χ1) is 14.1. The number of rotatable bonds is 3. The van der Waals surface area contributed by atoms with Gasteiger partial charge in [0.1, 0.15) is 5.60 Å². The molecule has 0 heterocycles. The molecule has 7 nitrogen and oxygen atoms in total. The Balaban J connectivity index is 1.86. The van der Waals surface area contributed by atoms with Crippen molar-refractivity contribution >= 4 is 23.6 Å². The molecule has 2 aromatic rings. The molecule has 0 aliphatic rings. The van der Waals surface area contributed by atoms with Gasteiger partial charge in [-0.1, -0.05) is 24.0 Å². The second-order valence-corrected chi connectivity index (χ2v) is 7.56. The zero-order valence-corrected chi connectivity index (χ0v) is 17.5. The summed E-state index contributed by atoms with van der Waals surface area (Å²) in [7, 11) is 0. The van der Waals surface area contributed by atoms with Gasteiger partial charge in [0.25, 0.3) is 0 Å². The highest BCUT2D eigenvalue weighted by molar-refractivity contribution is 5.88. The van der Waals surface area contributed by atoms with Crippen LogP contribution in [0, 0.1) is 11.8 Å². The number of nitrogens with one attached hydrogen (secondary N) is 3. The topological polar surface area (TPSA) is 96.5 Å². The first kappa shape index (κ1) is 22.5. The van der Waals surface area contributed by atoms with Crippen LogP contribution >= 0.6 is 0 Å². The molecule has 3 amide bonds. The molecule has 0 saturated heterocycles. The molecule has 156 valence electrons. The fraction of sp³-hybridized carbons (Fsp3) is 0.261. The van der Waals surface area contributed by atoms with Gasteiger partial charge >= 0.3 is 6.09 Å². The van der Waals surface area contributed by atoms with Gasteiger partial charge in [-0.15, -0.1) is 0 Å². The number of carbonyl (C=O) groups excluding carboxylic acids is 3. The average Bonchev–Trinajstić information content (AvgIpc) is 2.65. The van der Waals surface area contributed by atoms with Gasteiger partial charge in [0.15, 0.2) is 0 Å². The molecule has 0 aliphatic carbocycles. The van der Waals surface area contributed by atoms with Crippen molar-refractivity contribution in [1.29, 1.82) is 0 Å². The normalized spacial score (nSPS) is 10.3. The van der Waals surface area contributed by atoms with Gasteiger partial charge in [0.2, 0.25) is 11.8 Å². The Bertz CT molecular complexity index is 963. The lowest BCUT2D eigenvalue weighted by atomic mass is 10.1. The van der Waals surface area contributed by atoms with E-state index in [0.29, 0.717) is 0 Å². The van der Waals surface area contributed by atoms with E-state index in [1.807, 2.05) is 24.3 Å². The zero-order valence-electron chi connectivity index (χ0n) is 17.5. The summed E-state index contributed by atoms with van der Waals surface area (Å²) >= 11 is 0. The van der Waals surface area contributed by atoms with Crippen LogP contribution in [0.5, 0.6) is 0 Å². The van der Waals surface area contributed by atoms with Gasteiger partial charge < -0.3 is 10.1 Å². The van der Waals surface area contributed by atoms with Crippen molar-refractivity contribution in [2.45, 2.75) is 39.7 Å². The average molecular weight is 407 g/mol. The van der Waals surface area contributed by atoms with Crippen molar-refractivity contribution in [3.8, 4) is 11.8 Å². The number of hydrogen-bond acceptors (Lipinski definition) is 4. The van der Waals surface area contributed by atoms with Crippen LogP contribution in [0.2, 0.25) is 0 Å². The maximum absolute atomic E-state index is 11.9. The quantitative estimate of drug-likeness (QED) is 0.538. The molecular formula is C23H25N3O4. The standard InChI is InChI=1S/C23H25N3O4/c1-16(27)24-20-13-11-18(12-14-20)6-5-17-7-9-19(10-8-17)15-21(28)25-26-22(29)30-23(2,3)4/h7-14H,15H2,1-4H3,(H,24,27)(H,25,28)(H,26,29). The van der Waals surface area contributed by atoms with Gasteiger partial charge in [0.05, 0.1) is 6.42 Å². The Hall–Kier alpha value is -3.79. The van der Waals surface area contributed by atoms with Crippen LogP contribution in [0.1, 0.15) is 44.4 Å². The molecular weight excluding hydrogens is 382 g/mol. The van der Waals surface area contributed by atoms with Gasteiger partial charge in [-0.3, -0.25) is 15.0 Å². The van der Waals surface area contributed by atoms with Crippen LogP contribution in [0.4, 0.5) is 10.5 Å². The summed E-state index contributed by atoms with van der Waals surface area (Å²) < 4.78 is 5.04. The van der Waals surface area contributed by atoms with Crippen molar-refractivity contribution in [2.24, 2.45) is 0 Å². The van der Waals surface area contributed by atoms with Crippen molar-refractivity contribution in [3.05, 3.63) is 65.2 Å². The highest BCUT2D eigenvalue weighted by atomic mass is 16.6. The minimum atomic E-state index is -0.716. The highest BCUT2D eigenvalue weighted by Gasteiger charge is 2.16. The number of ether oxygens (including phenoxy) is 1. The second kappa shape index (κ2) is 10.1. The van der Waals surface area contributed by atoms with Crippen molar-refractivity contribution in [1.82, 2.24) is 10.9 Å². The SMILES string of the molecule is CC(=O)Nc1ccc(C#Cc2ccc(CC(=O)NNC(=O)OC(C)(C)C)cc2)cc1. The molecule has 0 radical (unpaired) electrons. The first-order valence-corrected chi connectivity index (χ1v) is 9.37. The number of anilines is 1. The van der Waals surface area contributed by atoms with Crippen LogP contribution in [-0.4, -0.2) is 23.5 Å². The van der Waals surface area contributed by atoms with Crippen molar-refractivity contribution in [3.63, 3.8) is 0 Å². The summed E-state index contributed by atoms with van der Waals surface area (Å²) in [6.07, 6.45) is -0.611. The van der Waals surface area contributed by atoms with E-state index in [0.717, 1.165) is 22.4 Å². The summed E-state index contributed by atoms with van der Waals surface area (Å²) in [6.45, 7) is 6.66. The van der Waals surface area contributed by atoms with E-state index in [1.54, 1.807) is 45.0 Å². The minimum Gasteiger partial charge on any atom is -0.443 e. The Morgan fingerprint density at radius 2 is 1.40 bits per heavy atom. The van der Waals surface area contributed by atoms with E-state index in [-0.39, 0.29) is 18.2 Å². The summed E-state index contributed by atoms with van der Waals surface area (Å²) in [5.41, 5.74) is 7.01. The van der Waals surface area contributed by atoms with E-state index in [1.165, 1.54) is 6.92 Å². The predicted octanol–water partition coefficient (Wildman–Crippen LogP) is 3.14. The molecule has 0 aliphatic heterocycles. The third kappa shape index (κ3) is 8.48. The highest BCUT2D eigenvalue weighted by Crippen LogP contribution is 2.09. The molecule has 0 spiro atoms. The smallest absolute Gasteiger partial charge is 0.426 e. The van der Waals surface area contributed by atoms with Crippen molar-refractivity contribution < 1.29 is 19.1 Å². The number of hydrogen-bond donors (Lipinski definition) is 3. The van der Waals surface area contributed by atoms with E-state index >= 15 is 0 Å². The summed E-state index contributed by atoms with van der Waals surface area (Å²) in [6, 6.07) is 14.5. The third-order valence-corrected chi connectivity index (χ3v) is 3.58. The van der Waals surface area contributed by atoms with Crippen LogP contribution in [-0.2, 0) is 20.7 Å². The number of carbonyl (C=O) groups is 3. The molecule has 3 N–H and O–H groups in total. The molecule has 0 unspecified atom stereocenters. The molecule has 2 aromatic carbocycles. The Morgan fingerprint density at radius 3 is 1.90 bits per heavy atom. The van der Waals surface area contributed by atoms with Gasteiger partial charge in [-0.2, -0.15) is 0 Å². The molecule has 7 heteroatoms. The monoisotopic (exact) mass is 407 g/mol. The lowest BCUT2D eigenvalue weighted by Crippen LogP contribution is -2.44.